The molecular formula is C20H30Br4. The van der Waals surface area contributed by atoms with E-state index in [0.717, 1.165) is 12.8 Å². The van der Waals surface area contributed by atoms with Crippen LogP contribution in [0.25, 0.3) is 0 Å². The predicted octanol–water partition coefficient (Wildman–Crippen LogP) is 9.51. The van der Waals surface area contributed by atoms with Crippen molar-refractivity contribution in [2.24, 2.45) is 0 Å². The van der Waals surface area contributed by atoms with E-state index >= 15 is 0 Å². The van der Waals surface area contributed by atoms with Gasteiger partial charge in [0.15, 0.2) is 0 Å². The Morgan fingerprint density at radius 3 is 1.33 bits per heavy atom. The average Bonchev–Trinajstić information content (AvgIpc) is 2.56. The zero-order chi connectivity index (χ0) is 18.1. The molecule has 0 amide bonds. The molecule has 0 heterocycles. The van der Waals surface area contributed by atoms with Gasteiger partial charge in [-0.15, -0.1) is 0 Å². The first-order valence-electron chi connectivity index (χ1n) is 9.20. The van der Waals surface area contributed by atoms with E-state index in [2.05, 4.69) is 102 Å². The summed E-state index contributed by atoms with van der Waals surface area (Å²) in [6.07, 6.45) is 12.4. The minimum atomic E-state index is -0.152. The van der Waals surface area contributed by atoms with Crippen molar-refractivity contribution in [1.29, 1.82) is 0 Å². The molecule has 0 saturated heterocycles. The topological polar surface area (TPSA) is 0 Å². The van der Waals surface area contributed by atoms with Crippen molar-refractivity contribution in [3.05, 3.63) is 35.4 Å². The third-order valence-corrected chi connectivity index (χ3v) is 7.70. The van der Waals surface area contributed by atoms with Crippen LogP contribution in [0, 0.1) is 0 Å². The first kappa shape index (κ1) is 23.2. The third-order valence-electron chi connectivity index (χ3n) is 4.40. The molecular weight excluding hydrogens is 560 g/mol. The normalized spacial score (nSPS) is 12.6. The summed E-state index contributed by atoms with van der Waals surface area (Å²) in [5.74, 6) is 0. The molecule has 0 unspecified atom stereocenters. The first-order valence-corrected chi connectivity index (χ1v) is 12.4. The molecule has 0 aliphatic carbocycles. The summed E-state index contributed by atoms with van der Waals surface area (Å²) in [5.41, 5.74) is 2.65. The van der Waals surface area contributed by atoms with Gasteiger partial charge >= 0.3 is 0 Å². The van der Waals surface area contributed by atoms with Gasteiger partial charge < -0.3 is 0 Å². The molecule has 0 fully saturated rings. The molecule has 1 aromatic rings. The van der Waals surface area contributed by atoms with Crippen LogP contribution in [0.5, 0.6) is 0 Å². The second-order valence-corrected chi connectivity index (χ2v) is 14.1. The van der Waals surface area contributed by atoms with Gasteiger partial charge in [-0.05, 0) is 24.0 Å². The van der Waals surface area contributed by atoms with E-state index in [0.29, 0.717) is 0 Å². The van der Waals surface area contributed by atoms with Crippen LogP contribution in [-0.2, 0) is 6.47 Å². The largest absolute Gasteiger partial charge is 0.106 e. The molecule has 0 bridgehead atoms. The van der Waals surface area contributed by atoms with Crippen molar-refractivity contribution in [3.8, 4) is 0 Å². The summed E-state index contributed by atoms with van der Waals surface area (Å²) >= 11 is 15.8. The molecule has 0 aromatic heterocycles. The maximum Gasteiger partial charge on any atom is 0.106 e. The highest BCUT2D eigenvalue weighted by Crippen LogP contribution is 2.51. The van der Waals surface area contributed by atoms with Crippen molar-refractivity contribution in [2.75, 3.05) is 0 Å². The third kappa shape index (κ3) is 7.80. The summed E-state index contributed by atoms with van der Waals surface area (Å²) in [6.45, 7) is 4.51. The van der Waals surface area contributed by atoms with Crippen molar-refractivity contribution in [3.63, 3.8) is 0 Å². The lowest BCUT2D eigenvalue weighted by Crippen LogP contribution is -2.19. The van der Waals surface area contributed by atoms with E-state index in [9.17, 15) is 0 Å². The maximum absolute atomic E-state index is 3.95. The van der Waals surface area contributed by atoms with Gasteiger partial charge in [-0.1, -0.05) is 153 Å². The second-order valence-electron chi connectivity index (χ2n) is 6.58. The van der Waals surface area contributed by atoms with E-state index in [1.807, 2.05) is 0 Å². The van der Waals surface area contributed by atoms with Crippen molar-refractivity contribution in [2.45, 2.75) is 84.5 Å². The number of halogens is 4. The number of hydrogen-bond acceptors (Lipinski definition) is 0. The summed E-state index contributed by atoms with van der Waals surface area (Å²) in [7, 11) is 0. The quantitative estimate of drug-likeness (QED) is 0.168. The summed E-state index contributed by atoms with van der Waals surface area (Å²) in [5, 5.41) is 0. The van der Waals surface area contributed by atoms with Crippen molar-refractivity contribution in [1.82, 2.24) is 0 Å². The number of alkyl halides is 4. The molecule has 0 aliphatic heterocycles. The lowest BCUT2D eigenvalue weighted by molar-refractivity contribution is 0.603. The van der Waals surface area contributed by atoms with Crippen LogP contribution in [0.15, 0.2) is 24.3 Å². The summed E-state index contributed by atoms with van der Waals surface area (Å²) < 4.78 is -0.304. The van der Waals surface area contributed by atoms with E-state index in [1.54, 1.807) is 0 Å². The van der Waals surface area contributed by atoms with Crippen LogP contribution in [0.4, 0.5) is 0 Å². The SMILES string of the molecule is CCCCCCC(Br)(Br)c1ccccc1C(Br)(Br)CCCCCC. The fourth-order valence-electron chi connectivity index (χ4n) is 2.94. The van der Waals surface area contributed by atoms with Crippen LogP contribution in [-0.4, -0.2) is 0 Å². The summed E-state index contributed by atoms with van der Waals surface area (Å²) in [4.78, 5) is 0. The fraction of sp³-hybridized carbons (Fsp3) is 0.700. The van der Waals surface area contributed by atoms with Gasteiger partial charge in [0.25, 0.3) is 0 Å². The average molecular weight is 590 g/mol. The molecule has 0 nitrogen and oxygen atoms in total. The van der Waals surface area contributed by atoms with Gasteiger partial charge in [-0.3, -0.25) is 0 Å². The smallest absolute Gasteiger partial charge is 0.0674 e. The van der Waals surface area contributed by atoms with Gasteiger partial charge in [-0.2, -0.15) is 0 Å². The standard InChI is InChI=1S/C20H30Br4/c1-3-5-7-11-15-19(21,22)17-13-9-10-14-18(17)20(23,24)16-12-8-6-4-2/h9-10,13-14H,3-8,11-12,15-16H2,1-2H3. The molecule has 1 rings (SSSR count). The zero-order valence-corrected chi connectivity index (χ0v) is 21.2. The molecule has 0 atom stereocenters. The molecule has 1 aromatic carbocycles. The van der Waals surface area contributed by atoms with E-state index in [1.165, 1.54) is 62.5 Å². The number of unbranched alkanes of at least 4 members (excludes halogenated alkanes) is 6. The highest BCUT2D eigenvalue weighted by molar-refractivity contribution is 9.25. The Morgan fingerprint density at radius 1 is 0.625 bits per heavy atom. The minimum absolute atomic E-state index is 0.152. The highest BCUT2D eigenvalue weighted by atomic mass is 79.9. The van der Waals surface area contributed by atoms with Gasteiger partial charge in [0.1, 0.15) is 6.47 Å². The molecule has 4 heteroatoms. The van der Waals surface area contributed by atoms with Crippen LogP contribution < -0.4 is 0 Å². The molecule has 0 radical (unpaired) electrons. The maximum atomic E-state index is 3.95. The molecule has 0 N–H and O–H groups in total. The number of rotatable bonds is 12. The van der Waals surface area contributed by atoms with E-state index in [-0.39, 0.29) is 6.47 Å². The Kier molecular flexibility index (Phi) is 11.4. The van der Waals surface area contributed by atoms with Crippen molar-refractivity contribution >= 4 is 63.7 Å². The van der Waals surface area contributed by atoms with Crippen LogP contribution >= 0.6 is 63.7 Å². The molecule has 0 spiro atoms. The van der Waals surface area contributed by atoms with E-state index < -0.39 is 0 Å². The van der Waals surface area contributed by atoms with Gasteiger partial charge in [-0.25, -0.2) is 0 Å². The monoisotopic (exact) mass is 586 g/mol. The molecule has 138 valence electrons. The second kappa shape index (κ2) is 11.8. The van der Waals surface area contributed by atoms with Crippen LogP contribution in [0.1, 0.15) is 89.2 Å². The Balaban J connectivity index is 2.85. The Morgan fingerprint density at radius 2 is 1.00 bits per heavy atom. The predicted molar refractivity (Wildman–Crippen MR) is 123 cm³/mol. The van der Waals surface area contributed by atoms with Crippen LogP contribution in [0.3, 0.4) is 0 Å². The number of benzene rings is 1. The summed E-state index contributed by atoms with van der Waals surface area (Å²) in [6, 6.07) is 8.74. The fourth-order valence-corrected chi connectivity index (χ4v) is 5.44. The van der Waals surface area contributed by atoms with E-state index in [4.69, 9.17) is 0 Å². The minimum Gasteiger partial charge on any atom is -0.0674 e. The highest BCUT2D eigenvalue weighted by Gasteiger charge is 2.34. The lowest BCUT2D eigenvalue weighted by atomic mass is 9.96. The Hall–Kier alpha value is 1.14. The molecule has 0 aliphatic rings. The first-order chi connectivity index (χ1) is 11.3. The Bertz CT molecular complexity index is 425. The van der Waals surface area contributed by atoms with Crippen molar-refractivity contribution < 1.29 is 0 Å². The lowest BCUT2D eigenvalue weighted by Gasteiger charge is -2.30. The Labute approximate surface area is 182 Å². The molecule has 24 heavy (non-hydrogen) atoms. The van der Waals surface area contributed by atoms with Crippen LogP contribution in [0.2, 0.25) is 0 Å². The van der Waals surface area contributed by atoms with Gasteiger partial charge in [0, 0.05) is 0 Å². The number of hydrogen-bond donors (Lipinski definition) is 0. The van der Waals surface area contributed by atoms with Gasteiger partial charge in [0.2, 0.25) is 0 Å². The van der Waals surface area contributed by atoms with Gasteiger partial charge in [0.05, 0.1) is 0 Å². The zero-order valence-electron chi connectivity index (χ0n) is 14.9. The molecule has 0 saturated carbocycles.